The fourth-order valence-electron chi connectivity index (χ4n) is 9.69. The quantitative estimate of drug-likeness (QED) is 0.166. The number of halogens is 7. The SMILES string of the molecule is CN(C)c1ccc2c(c1)SCC2=O.COc1ccc2c(c1)SCC2=O.CSc1ccc2c(c1)SCC2=O.Cc1c(Cl)cc(Cl)c2c1C(=O)CS2.O=C1CSc2c(O)ccc(Cl)c21.O=C1CSc2ccc(C(F)(F)F)cc21.O=C1CSc2ccc(Cl)cc21.O=C1CSc2ccccc21.[Pr]. The van der Waals surface area contributed by atoms with Crippen molar-refractivity contribution in [1.82, 2.24) is 0 Å². The first-order chi connectivity index (χ1) is 46.2. The molecule has 0 amide bonds. The number of phenols is 1. The zero-order chi connectivity index (χ0) is 70.0. The zero-order valence-corrected chi connectivity index (χ0v) is 66.4. The summed E-state index contributed by atoms with van der Waals surface area (Å²) in [6, 6.07) is 38.8. The molecule has 98 heavy (non-hydrogen) atoms. The minimum atomic E-state index is -4.37. The number of fused-ring (bicyclic) bond motifs is 8. The first kappa shape index (κ1) is 79.7. The second kappa shape index (κ2) is 36.4. The Labute approximate surface area is 655 Å². The van der Waals surface area contributed by atoms with Crippen LogP contribution in [0.5, 0.6) is 11.5 Å². The molecule has 0 fully saturated rings. The molecular formula is C70H54Cl4F3NO10PrS9. The molecule has 0 saturated heterocycles. The van der Waals surface area contributed by atoms with Gasteiger partial charge in [0.25, 0.3) is 0 Å². The molecule has 8 aliphatic heterocycles. The summed E-state index contributed by atoms with van der Waals surface area (Å²) in [7, 11) is 5.63. The van der Waals surface area contributed by atoms with Gasteiger partial charge < -0.3 is 14.7 Å². The van der Waals surface area contributed by atoms with E-state index in [0.29, 0.717) is 81.3 Å². The Morgan fingerprint density at radius 1 is 0.449 bits per heavy atom. The van der Waals surface area contributed by atoms with E-state index in [1.54, 1.807) is 95.9 Å². The summed E-state index contributed by atoms with van der Waals surface area (Å²) in [4.78, 5) is 101. The topological polar surface area (TPSA) is 169 Å². The molecule has 11 nitrogen and oxygen atoms in total. The molecule has 8 aromatic rings. The van der Waals surface area contributed by atoms with E-state index in [1.807, 2.05) is 111 Å². The molecule has 0 aliphatic carbocycles. The van der Waals surface area contributed by atoms with Gasteiger partial charge in [0.1, 0.15) is 11.5 Å². The number of Topliss-reactive ketones (excluding diaryl/α,β-unsaturated/α-hetero) is 8. The van der Waals surface area contributed by atoms with Gasteiger partial charge >= 0.3 is 6.18 Å². The predicted octanol–water partition coefficient (Wildman–Crippen LogP) is 20.2. The fourth-order valence-corrected chi connectivity index (χ4v) is 19.1. The number of ketones is 8. The number of alkyl halides is 3. The van der Waals surface area contributed by atoms with E-state index >= 15 is 0 Å². The van der Waals surface area contributed by atoms with Crippen LogP contribution >= 0.6 is 152 Å². The largest absolute Gasteiger partial charge is 0.507 e. The van der Waals surface area contributed by atoms with Crippen LogP contribution in [0.25, 0.3) is 0 Å². The summed E-state index contributed by atoms with van der Waals surface area (Å²) < 4.78 is 41.8. The Balaban J connectivity index is 0.000000143. The number of ether oxygens (including phenoxy) is 1. The molecule has 16 rings (SSSR count). The van der Waals surface area contributed by atoms with Gasteiger partial charge in [0.2, 0.25) is 0 Å². The van der Waals surface area contributed by atoms with E-state index in [9.17, 15) is 56.6 Å². The van der Waals surface area contributed by atoms with Crippen molar-refractivity contribution in [3.8, 4) is 11.5 Å². The van der Waals surface area contributed by atoms with Crippen molar-refractivity contribution in [2.24, 2.45) is 0 Å². The average Bonchev–Trinajstić information content (AvgIpc) is 1.58. The van der Waals surface area contributed by atoms with Crippen LogP contribution in [0.2, 0.25) is 20.1 Å². The predicted molar refractivity (Wildman–Crippen MR) is 396 cm³/mol. The zero-order valence-electron chi connectivity index (χ0n) is 52.3. The molecule has 0 bridgehead atoms. The number of carbonyl (C=O) groups excluding carboxylic acids is 8. The van der Waals surface area contributed by atoms with Gasteiger partial charge in [0.15, 0.2) is 46.3 Å². The number of thioether (sulfide) groups is 9. The van der Waals surface area contributed by atoms with Crippen LogP contribution in [0.15, 0.2) is 178 Å². The second-order valence-electron chi connectivity index (χ2n) is 21.3. The third-order valence-corrected chi connectivity index (χ3v) is 25.4. The van der Waals surface area contributed by atoms with E-state index < -0.39 is 11.7 Å². The van der Waals surface area contributed by atoms with Gasteiger partial charge in [-0.3, -0.25) is 38.4 Å². The molecule has 505 valence electrons. The molecule has 8 aromatic carbocycles. The van der Waals surface area contributed by atoms with E-state index in [1.165, 1.54) is 52.3 Å². The summed E-state index contributed by atoms with van der Waals surface area (Å²) >= 11 is 37.3. The van der Waals surface area contributed by atoms with Gasteiger partial charge in [-0.05, 0) is 134 Å². The van der Waals surface area contributed by atoms with E-state index in [2.05, 4.69) is 12.1 Å². The summed E-state index contributed by atoms with van der Waals surface area (Å²) in [5.74, 6) is 6.14. The molecule has 1 N–H and O–H groups in total. The first-order valence-electron chi connectivity index (χ1n) is 28.8. The van der Waals surface area contributed by atoms with Crippen LogP contribution in [0.1, 0.15) is 94.0 Å². The van der Waals surface area contributed by atoms with Crippen molar-refractivity contribution in [3.63, 3.8) is 0 Å². The van der Waals surface area contributed by atoms with Gasteiger partial charge in [-0.15, -0.1) is 106 Å². The number of carbonyl (C=O) groups is 8. The molecule has 8 aliphatic rings. The van der Waals surface area contributed by atoms with Gasteiger partial charge in [0, 0.05) is 149 Å². The van der Waals surface area contributed by atoms with E-state index in [4.69, 9.17) is 51.1 Å². The molecule has 0 aromatic heterocycles. The number of phenolic OH excluding ortho intramolecular Hbond substituents is 1. The van der Waals surface area contributed by atoms with Crippen LogP contribution in [0.3, 0.4) is 0 Å². The van der Waals surface area contributed by atoms with Crippen LogP contribution in [-0.4, -0.2) is 125 Å². The first-order valence-corrected chi connectivity index (χ1v) is 39.4. The maximum atomic E-state index is 12.3. The number of aromatic hydroxyl groups is 1. The fraction of sp³-hybridized carbons (Fsp3) is 0.200. The Hall–Kier alpha value is -4.02. The smallest absolute Gasteiger partial charge is 0.416 e. The van der Waals surface area contributed by atoms with Crippen LogP contribution in [0.4, 0.5) is 18.9 Å². The van der Waals surface area contributed by atoms with Crippen molar-refractivity contribution in [2.75, 3.05) is 78.4 Å². The Kier molecular flexibility index (Phi) is 29.6. The maximum Gasteiger partial charge on any atom is 0.416 e. The van der Waals surface area contributed by atoms with E-state index in [0.717, 1.165) is 86.3 Å². The molecule has 0 spiro atoms. The van der Waals surface area contributed by atoms with Crippen molar-refractivity contribution in [2.45, 2.75) is 57.2 Å². The molecule has 28 heteroatoms. The third kappa shape index (κ3) is 20.0. The standard InChI is InChI=1S/C10H11NOS.C9H6Cl2OS.C9H5F3OS.C9H8O2S.C9H8OS2.C8H5ClO2S.C8H5ClOS.C8H6OS.Pr/c1-11(2)7-3-4-8-9(12)6-13-10(8)5-7;1-4-5(10)2-6(11)9-8(4)7(12)3-13-9;10-9(11,12)5-1-2-8-6(3-5)7(13)4-14-8;2*1-11-6-2-3-7-8(10)5-12-9(7)4-6;9-4-1-2-5(10)8-7(4)6(11)3-12-8;9-5-1-2-8-6(3-5)7(10)4-11-8;9-7-5-10-8-4-2-1-3-6(7)8;/h3-5H,6H2,1-2H3;2H,3H2,1H3;1-3H,4H2;2*2-4H,5H2,1H3;1-2,10H,3H2;1-3H,4H2;1-4H,5H2;. The molecule has 8 heterocycles. The molecule has 0 atom stereocenters. The summed E-state index contributed by atoms with van der Waals surface area (Å²) in [6.07, 6.45) is -2.33. The van der Waals surface area contributed by atoms with Gasteiger partial charge in [-0.2, -0.15) is 13.2 Å². The Morgan fingerprint density at radius 3 is 1.45 bits per heavy atom. The molecule has 1 radical (unpaired) electrons. The second-order valence-corrected chi connectivity index (χ2v) is 31.9. The normalized spacial score (nSPS) is 14.9. The number of methoxy groups -OCH3 is 1. The summed E-state index contributed by atoms with van der Waals surface area (Å²) in [5.41, 5.74) is 6.92. The minimum absolute atomic E-state index is 0. The molecular weight excluding hydrogens is 1640 g/mol. The number of hydrogen-bond acceptors (Lipinski definition) is 20. The van der Waals surface area contributed by atoms with Gasteiger partial charge in [-0.1, -0.05) is 64.6 Å². The summed E-state index contributed by atoms with van der Waals surface area (Å²) in [5, 5.41) is 11.6. The van der Waals surface area contributed by atoms with Crippen LogP contribution in [0, 0.1) is 48.2 Å². The number of hydrogen-bond donors (Lipinski definition) is 1. The molecule has 0 saturated carbocycles. The molecule has 0 unspecified atom stereocenters. The Bertz CT molecular complexity index is 4420. The number of nitrogens with zero attached hydrogens (tertiary/aromatic N) is 1. The van der Waals surface area contributed by atoms with Gasteiger partial charge in [-0.25, -0.2) is 0 Å². The number of benzene rings is 8. The number of rotatable bonds is 3. The summed E-state index contributed by atoms with van der Waals surface area (Å²) in [6.45, 7) is 1.85. The maximum absolute atomic E-state index is 12.3. The average molecular weight is 1700 g/mol. The third-order valence-electron chi connectivity index (χ3n) is 14.7. The van der Waals surface area contributed by atoms with Crippen molar-refractivity contribution in [1.29, 1.82) is 0 Å². The van der Waals surface area contributed by atoms with E-state index in [-0.39, 0.29) is 105 Å². The Morgan fingerprint density at radius 2 is 0.908 bits per heavy atom. The monoisotopic (exact) mass is 1690 g/mol. The van der Waals surface area contributed by atoms with Gasteiger partial charge in [0.05, 0.1) is 79.2 Å². The minimum Gasteiger partial charge on any atom is -0.507 e. The van der Waals surface area contributed by atoms with Crippen molar-refractivity contribution >= 4 is 204 Å². The number of anilines is 1. The van der Waals surface area contributed by atoms with Crippen LogP contribution < -0.4 is 9.64 Å². The van der Waals surface area contributed by atoms with Crippen molar-refractivity contribution in [3.05, 3.63) is 209 Å². The van der Waals surface area contributed by atoms with Crippen molar-refractivity contribution < 1.29 is 103 Å². The van der Waals surface area contributed by atoms with Crippen LogP contribution in [-0.2, 0) is 6.18 Å².